The zero-order chi connectivity index (χ0) is 19.2. The van der Waals surface area contributed by atoms with Crippen molar-refractivity contribution in [2.75, 3.05) is 13.2 Å². The number of hydrogen-bond acceptors (Lipinski definition) is 3. The van der Waals surface area contributed by atoms with Crippen molar-refractivity contribution in [3.63, 3.8) is 0 Å². The first-order chi connectivity index (χ1) is 13.1. The van der Waals surface area contributed by atoms with Gasteiger partial charge in [-0.25, -0.2) is 4.98 Å². The lowest BCUT2D eigenvalue weighted by molar-refractivity contribution is -0.123. The number of amides is 1. The number of fused-ring (bicyclic) bond motifs is 1. The Morgan fingerprint density at radius 1 is 1.19 bits per heavy atom. The maximum atomic E-state index is 12.2. The molecule has 0 saturated carbocycles. The van der Waals surface area contributed by atoms with Crippen molar-refractivity contribution in [3.8, 4) is 5.75 Å². The minimum absolute atomic E-state index is 0.0249. The van der Waals surface area contributed by atoms with Crippen molar-refractivity contribution < 1.29 is 9.53 Å². The molecule has 0 aliphatic rings. The number of carbonyl (C=O) groups is 1. The molecule has 0 saturated heterocycles. The highest BCUT2D eigenvalue weighted by atomic mass is 16.5. The fourth-order valence-electron chi connectivity index (χ4n) is 3.22. The second-order valence-corrected chi connectivity index (χ2v) is 6.79. The zero-order valence-electron chi connectivity index (χ0n) is 16.2. The summed E-state index contributed by atoms with van der Waals surface area (Å²) in [5.74, 6) is 2.03. The van der Waals surface area contributed by atoms with Gasteiger partial charge in [0.2, 0.25) is 0 Å². The summed E-state index contributed by atoms with van der Waals surface area (Å²) in [4.78, 5) is 16.7. The number of ether oxygens (including phenoxy) is 1. The van der Waals surface area contributed by atoms with Crippen LogP contribution in [0.15, 0.2) is 48.5 Å². The number of rotatable bonds is 8. The summed E-state index contributed by atoms with van der Waals surface area (Å²) in [5, 5.41) is 2.93. The Hall–Kier alpha value is -2.82. The minimum atomic E-state index is -0.115. The van der Waals surface area contributed by atoms with Crippen LogP contribution in [0.1, 0.15) is 37.6 Å². The van der Waals surface area contributed by atoms with Gasteiger partial charge < -0.3 is 14.6 Å². The Bertz CT molecular complexity index is 917. The Morgan fingerprint density at radius 3 is 2.74 bits per heavy atom. The molecular weight excluding hydrogens is 338 g/mol. The second kappa shape index (κ2) is 8.71. The van der Waals surface area contributed by atoms with Crippen LogP contribution < -0.4 is 10.1 Å². The van der Waals surface area contributed by atoms with E-state index in [4.69, 9.17) is 4.74 Å². The average Bonchev–Trinajstić information content (AvgIpc) is 3.01. The first-order valence-corrected chi connectivity index (χ1v) is 9.50. The summed E-state index contributed by atoms with van der Waals surface area (Å²) in [5.41, 5.74) is 3.21. The van der Waals surface area contributed by atoms with Crippen LogP contribution in [-0.4, -0.2) is 28.6 Å². The van der Waals surface area contributed by atoms with E-state index in [0.717, 1.165) is 34.6 Å². The molecule has 27 heavy (non-hydrogen) atoms. The molecule has 0 aliphatic carbocycles. The number of aromatic nitrogens is 2. The number of hydrogen-bond donors (Lipinski definition) is 1. The summed E-state index contributed by atoms with van der Waals surface area (Å²) in [7, 11) is 0. The van der Waals surface area contributed by atoms with Gasteiger partial charge in [-0.05, 0) is 43.0 Å². The van der Waals surface area contributed by atoms with Gasteiger partial charge in [0, 0.05) is 13.1 Å². The Kier molecular flexibility index (Phi) is 6.12. The number of carbonyl (C=O) groups excluding carboxylic acids is 1. The zero-order valence-corrected chi connectivity index (χ0v) is 16.2. The maximum Gasteiger partial charge on any atom is 0.258 e. The maximum absolute atomic E-state index is 12.2. The van der Waals surface area contributed by atoms with Crippen molar-refractivity contribution in [1.29, 1.82) is 0 Å². The molecule has 5 nitrogen and oxygen atoms in total. The molecular formula is C22H27N3O2. The number of nitrogens with one attached hydrogen (secondary N) is 1. The van der Waals surface area contributed by atoms with E-state index in [1.807, 2.05) is 49.4 Å². The average molecular weight is 365 g/mol. The van der Waals surface area contributed by atoms with Crippen molar-refractivity contribution in [2.24, 2.45) is 0 Å². The van der Waals surface area contributed by atoms with Crippen LogP contribution in [0.3, 0.4) is 0 Å². The molecule has 0 spiro atoms. The molecule has 0 bridgehead atoms. The molecule has 1 atom stereocenters. The molecule has 3 aromatic rings. The summed E-state index contributed by atoms with van der Waals surface area (Å²) in [6.07, 6.45) is 1.03. The lowest BCUT2D eigenvalue weighted by Crippen LogP contribution is -2.31. The number of para-hydroxylation sites is 3. The van der Waals surface area contributed by atoms with Gasteiger partial charge in [-0.1, -0.05) is 44.2 Å². The van der Waals surface area contributed by atoms with E-state index in [2.05, 4.69) is 34.8 Å². The number of aryl methyl sites for hydroxylation is 1. The molecule has 3 rings (SSSR count). The predicted octanol–water partition coefficient (Wildman–Crippen LogP) is 4.05. The quantitative estimate of drug-likeness (QED) is 0.655. The summed E-state index contributed by atoms with van der Waals surface area (Å²) in [6.45, 7) is 7.54. The van der Waals surface area contributed by atoms with Crippen molar-refractivity contribution in [2.45, 2.75) is 39.7 Å². The van der Waals surface area contributed by atoms with E-state index in [-0.39, 0.29) is 12.5 Å². The fourth-order valence-corrected chi connectivity index (χ4v) is 3.22. The topological polar surface area (TPSA) is 56.1 Å². The number of nitrogens with zero attached hydrogens (tertiary/aromatic N) is 2. The fraction of sp³-hybridized carbons (Fsp3) is 0.364. The normalized spacial score (nSPS) is 12.1. The molecule has 1 aromatic heterocycles. The summed E-state index contributed by atoms with van der Waals surface area (Å²) >= 11 is 0. The van der Waals surface area contributed by atoms with Crippen LogP contribution in [0.25, 0.3) is 11.0 Å². The molecule has 1 amide bonds. The van der Waals surface area contributed by atoms with E-state index in [1.165, 1.54) is 0 Å². The largest absolute Gasteiger partial charge is 0.483 e. The van der Waals surface area contributed by atoms with E-state index in [0.29, 0.717) is 19.0 Å². The smallest absolute Gasteiger partial charge is 0.258 e. The Morgan fingerprint density at radius 2 is 1.93 bits per heavy atom. The third-order valence-corrected chi connectivity index (χ3v) is 4.92. The number of benzene rings is 2. The standard InChI is InChI=1S/C22H27N3O2/c1-4-16(2)18-9-5-8-12-21(18)27-15-22(26)23-13-14-25-17(3)24-19-10-6-7-11-20(19)25/h5-12,16H,4,13-15H2,1-3H3,(H,23,26). The van der Waals surface area contributed by atoms with E-state index in [1.54, 1.807) is 0 Å². The van der Waals surface area contributed by atoms with Gasteiger partial charge in [0.05, 0.1) is 11.0 Å². The van der Waals surface area contributed by atoms with Gasteiger partial charge in [0.1, 0.15) is 11.6 Å². The highest BCUT2D eigenvalue weighted by Crippen LogP contribution is 2.28. The first kappa shape index (κ1) is 19.0. The Balaban J connectivity index is 1.53. The van der Waals surface area contributed by atoms with Gasteiger partial charge in [-0.3, -0.25) is 4.79 Å². The van der Waals surface area contributed by atoms with E-state index in [9.17, 15) is 4.79 Å². The van der Waals surface area contributed by atoms with Crippen LogP contribution in [0.2, 0.25) is 0 Å². The van der Waals surface area contributed by atoms with Gasteiger partial charge in [-0.2, -0.15) is 0 Å². The summed E-state index contributed by atoms with van der Waals surface area (Å²) < 4.78 is 7.89. The van der Waals surface area contributed by atoms with Gasteiger partial charge in [-0.15, -0.1) is 0 Å². The SMILES string of the molecule is CCC(C)c1ccccc1OCC(=O)NCCn1c(C)nc2ccccc21. The van der Waals surface area contributed by atoms with Crippen LogP contribution in [0.4, 0.5) is 0 Å². The van der Waals surface area contributed by atoms with Crippen molar-refractivity contribution in [3.05, 3.63) is 59.9 Å². The molecule has 0 fully saturated rings. The molecule has 0 aliphatic heterocycles. The van der Waals surface area contributed by atoms with E-state index < -0.39 is 0 Å². The van der Waals surface area contributed by atoms with Crippen LogP contribution in [-0.2, 0) is 11.3 Å². The first-order valence-electron chi connectivity index (χ1n) is 9.50. The Labute approximate surface area is 160 Å². The predicted molar refractivity (Wildman–Crippen MR) is 108 cm³/mol. The molecule has 0 radical (unpaired) electrons. The highest BCUT2D eigenvalue weighted by Gasteiger charge is 2.11. The highest BCUT2D eigenvalue weighted by molar-refractivity contribution is 5.78. The number of imidazole rings is 1. The third-order valence-electron chi connectivity index (χ3n) is 4.92. The van der Waals surface area contributed by atoms with Crippen molar-refractivity contribution in [1.82, 2.24) is 14.9 Å². The minimum Gasteiger partial charge on any atom is -0.483 e. The molecule has 2 aromatic carbocycles. The van der Waals surface area contributed by atoms with Gasteiger partial charge >= 0.3 is 0 Å². The van der Waals surface area contributed by atoms with E-state index >= 15 is 0 Å². The molecule has 1 unspecified atom stereocenters. The van der Waals surface area contributed by atoms with Gasteiger partial charge in [0.15, 0.2) is 6.61 Å². The monoisotopic (exact) mass is 365 g/mol. The molecule has 5 heteroatoms. The van der Waals surface area contributed by atoms with Crippen LogP contribution >= 0.6 is 0 Å². The molecule has 1 N–H and O–H groups in total. The van der Waals surface area contributed by atoms with Gasteiger partial charge in [0.25, 0.3) is 5.91 Å². The van der Waals surface area contributed by atoms with Crippen molar-refractivity contribution >= 4 is 16.9 Å². The van der Waals surface area contributed by atoms with Crippen LogP contribution in [0.5, 0.6) is 5.75 Å². The lowest BCUT2D eigenvalue weighted by atomic mass is 9.98. The van der Waals surface area contributed by atoms with Crippen LogP contribution in [0, 0.1) is 6.92 Å². The molecule has 1 heterocycles. The third kappa shape index (κ3) is 4.48. The second-order valence-electron chi connectivity index (χ2n) is 6.79. The summed E-state index contributed by atoms with van der Waals surface area (Å²) in [6, 6.07) is 16.0. The lowest BCUT2D eigenvalue weighted by Gasteiger charge is -2.15. The molecule has 142 valence electrons.